The van der Waals surface area contributed by atoms with E-state index in [1.807, 2.05) is 53.4 Å². The molecule has 6 rings (SSSR count). The minimum atomic E-state index is -1.16. The molecule has 4 aromatic heterocycles. The highest BCUT2D eigenvalue weighted by Crippen LogP contribution is 2.38. The smallest absolute Gasteiger partial charge is 0.335 e. The molecule has 4 heterocycles. The molecule has 5 aromatic rings. The van der Waals surface area contributed by atoms with Crippen molar-refractivity contribution in [3.8, 4) is 34.1 Å². The molecule has 0 saturated carbocycles. The first-order chi connectivity index (χ1) is 20.9. The molecule has 43 heavy (non-hydrogen) atoms. The number of allylic oxidation sites excluding steroid dienone is 2. The van der Waals surface area contributed by atoms with Crippen molar-refractivity contribution in [1.29, 1.82) is 0 Å². The maximum atomic E-state index is 12.0. The third-order valence-electron chi connectivity index (χ3n) is 6.96. The van der Waals surface area contributed by atoms with Crippen LogP contribution in [-0.4, -0.2) is 37.1 Å². The molecule has 1 atom stereocenters. The van der Waals surface area contributed by atoms with Crippen molar-refractivity contribution in [2.75, 3.05) is 4.90 Å². The average Bonchev–Trinajstić information content (AvgIpc) is 3.52. The summed E-state index contributed by atoms with van der Waals surface area (Å²) in [6.07, 6.45) is 5.75. The number of anilines is 2. The highest BCUT2D eigenvalue weighted by molar-refractivity contribution is 5.91. The molecule has 1 aliphatic carbocycles. The molecule has 0 amide bonds. The molecule has 9 heteroatoms. The summed E-state index contributed by atoms with van der Waals surface area (Å²) in [7, 11) is 0. The van der Waals surface area contributed by atoms with Gasteiger partial charge < -0.3 is 14.6 Å². The standard InChI is InChI=1S/C34H24N4O5/c1-21-7-5-6-10-30(21)38(25-8-3-2-4-9-25)32-12-11-31(43-32)22-13-15-35-26(17-22)28-19-24(34(41)42)20-29(37-28)27-18-23(33(39)40)14-16-36-27/h2-5,8-9,11-21H,7H2,1H3,(H,39,40)(H,41,42). The summed E-state index contributed by atoms with van der Waals surface area (Å²) in [5, 5.41) is 19.2. The zero-order chi connectivity index (χ0) is 29.9. The Morgan fingerprint density at radius 2 is 1.51 bits per heavy atom. The average molecular weight is 569 g/mol. The normalized spacial score (nSPS) is 13.9. The second-order valence-corrected chi connectivity index (χ2v) is 9.90. The van der Waals surface area contributed by atoms with Crippen molar-refractivity contribution in [3.63, 3.8) is 0 Å². The molecular weight excluding hydrogens is 544 g/mol. The molecule has 0 spiro atoms. The summed E-state index contributed by atoms with van der Waals surface area (Å²) in [6, 6.07) is 22.7. The van der Waals surface area contributed by atoms with Crippen LogP contribution in [0.2, 0.25) is 0 Å². The Kier molecular flexibility index (Phi) is 7.25. The van der Waals surface area contributed by atoms with Gasteiger partial charge in [0.1, 0.15) is 5.76 Å². The third-order valence-corrected chi connectivity index (χ3v) is 6.96. The van der Waals surface area contributed by atoms with E-state index in [9.17, 15) is 19.8 Å². The molecule has 1 unspecified atom stereocenters. The number of carbonyl (C=O) groups is 2. The van der Waals surface area contributed by atoms with Crippen molar-refractivity contribution in [1.82, 2.24) is 15.0 Å². The Balaban J connectivity index is 1.40. The molecule has 0 bridgehead atoms. The van der Waals surface area contributed by atoms with Crippen LogP contribution >= 0.6 is 0 Å². The van der Waals surface area contributed by atoms with Crippen molar-refractivity contribution in [3.05, 3.63) is 126 Å². The predicted molar refractivity (Wildman–Crippen MR) is 160 cm³/mol. The second kappa shape index (κ2) is 11.5. The highest BCUT2D eigenvalue weighted by Gasteiger charge is 2.24. The van der Waals surface area contributed by atoms with E-state index in [1.165, 1.54) is 30.5 Å². The summed E-state index contributed by atoms with van der Waals surface area (Å²) in [5.41, 5.74) is 10.0. The minimum Gasteiger partial charge on any atom is -0.478 e. The number of aromatic nitrogens is 3. The van der Waals surface area contributed by atoms with Gasteiger partial charge in [0, 0.05) is 35.6 Å². The summed E-state index contributed by atoms with van der Waals surface area (Å²) >= 11 is 0. The number of para-hydroxylation sites is 1. The van der Waals surface area contributed by atoms with Gasteiger partial charge in [0.2, 0.25) is 5.88 Å². The fourth-order valence-corrected chi connectivity index (χ4v) is 4.78. The van der Waals surface area contributed by atoms with Crippen LogP contribution < -0.4 is 4.90 Å². The molecule has 0 aliphatic heterocycles. The molecule has 2 N–H and O–H groups in total. The second-order valence-electron chi connectivity index (χ2n) is 9.90. The lowest BCUT2D eigenvalue weighted by Gasteiger charge is -2.27. The molecule has 1 aromatic carbocycles. The first kappa shape index (κ1) is 27.2. The van der Waals surface area contributed by atoms with Crippen LogP contribution in [0.3, 0.4) is 0 Å². The van der Waals surface area contributed by atoms with E-state index >= 15 is 0 Å². The lowest BCUT2D eigenvalue weighted by Crippen LogP contribution is -2.20. The Labute approximate surface area is 246 Å². The summed E-state index contributed by atoms with van der Waals surface area (Å²) in [6.45, 7) is 2.13. The van der Waals surface area contributed by atoms with Crippen LogP contribution in [0.5, 0.6) is 0 Å². The van der Waals surface area contributed by atoms with Gasteiger partial charge in [-0.25, -0.2) is 14.6 Å². The van der Waals surface area contributed by atoms with Crippen LogP contribution in [-0.2, 0) is 0 Å². The van der Waals surface area contributed by atoms with Gasteiger partial charge in [-0.05, 0) is 72.8 Å². The van der Waals surface area contributed by atoms with Crippen molar-refractivity contribution < 1.29 is 24.2 Å². The van der Waals surface area contributed by atoms with Crippen molar-refractivity contribution >= 4 is 23.5 Å². The molecule has 0 saturated heterocycles. The number of furan rings is 1. The Bertz CT molecular complexity index is 1970. The summed E-state index contributed by atoms with van der Waals surface area (Å²) < 4.78 is 6.39. The predicted octanol–water partition coefficient (Wildman–Crippen LogP) is 7.23. The number of benzene rings is 1. The van der Waals surface area contributed by atoms with Crippen LogP contribution in [0.25, 0.3) is 34.1 Å². The number of rotatable bonds is 8. The molecule has 0 radical (unpaired) electrons. The van der Waals surface area contributed by atoms with E-state index in [4.69, 9.17) is 4.42 Å². The number of hydrogen-bond donors (Lipinski definition) is 2. The van der Waals surface area contributed by atoms with Crippen LogP contribution in [0.15, 0.2) is 119 Å². The fraction of sp³-hybridized carbons (Fsp3) is 0.0882. The van der Waals surface area contributed by atoms with E-state index in [0.29, 0.717) is 22.9 Å². The number of pyridine rings is 3. The van der Waals surface area contributed by atoms with Gasteiger partial charge in [0.15, 0.2) is 0 Å². The molecule has 0 fully saturated rings. The Morgan fingerprint density at radius 1 is 0.837 bits per heavy atom. The molecule has 1 aliphatic rings. The van der Waals surface area contributed by atoms with Gasteiger partial charge in [-0.15, -0.1) is 0 Å². The first-order valence-electron chi connectivity index (χ1n) is 13.4. The van der Waals surface area contributed by atoms with E-state index in [0.717, 1.165) is 17.8 Å². The fourth-order valence-electron chi connectivity index (χ4n) is 4.78. The number of aromatic carboxylic acids is 2. The maximum Gasteiger partial charge on any atom is 0.335 e. The first-order valence-corrected chi connectivity index (χ1v) is 13.4. The van der Waals surface area contributed by atoms with Gasteiger partial charge in [0.25, 0.3) is 0 Å². The minimum absolute atomic E-state index is 0.0114. The van der Waals surface area contributed by atoms with Gasteiger partial charge in [-0.3, -0.25) is 14.9 Å². The number of hydrogen-bond acceptors (Lipinski definition) is 7. The van der Waals surface area contributed by atoms with Crippen LogP contribution in [0.1, 0.15) is 34.1 Å². The van der Waals surface area contributed by atoms with E-state index < -0.39 is 11.9 Å². The van der Waals surface area contributed by atoms with Gasteiger partial charge in [-0.1, -0.05) is 30.9 Å². The van der Waals surface area contributed by atoms with E-state index in [2.05, 4.69) is 33.3 Å². The number of carboxylic acids is 2. The lowest BCUT2D eigenvalue weighted by atomic mass is 10.00. The highest BCUT2D eigenvalue weighted by atomic mass is 16.4. The molecule has 9 nitrogen and oxygen atoms in total. The van der Waals surface area contributed by atoms with Gasteiger partial charge in [0.05, 0.1) is 39.6 Å². The monoisotopic (exact) mass is 568 g/mol. The number of carboxylic acid groups (broad SMARTS) is 2. The van der Waals surface area contributed by atoms with E-state index in [-0.39, 0.29) is 34.1 Å². The maximum absolute atomic E-state index is 12.0. The third kappa shape index (κ3) is 5.62. The Hall–Kier alpha value is -6.01. The topological polar surface area (TPSA) is 130 Å². The largest absolute Gasteiger partial charge is 0.478 e. The van der Waals surface area contributed by atoms with Crippen LogP contribution in [0.4, 0.5) is 11.6 Å². The van der Waals surface area contributed by atoms with Gasteiger partial charge in [-0.2, -0.15) is 0 Å². The van der Waals surface area contributed by atoms with Crippen molar-refractivity contribution in [2.45, 2.75) is 13.3 Å². The molecule has 210 valence electrons. The van der Waals surface area contributed by atoms with Crippen LogP contribution in [0, 0.1) is 5.92 Å². The zero-order valence-corrected chi connectivity index (χ0v) is 22.9. The van der Waals surface area contributed by atoms with E-state index in [1.54, 1.807) is 18.3 Å². The Morgan fingerprint density at radius 3 is 2.21 bits per heavy atom. The summed E-state index contributed by atoms with van der Waals surface area (Å²) in [5.74, 6) is -0.904. The lowest BCUT2D eigenvalue weighted by molar-refractivity contribution is 0.0686. The number of nitrogens with zero attached hydrogens (tertiary/aromatic N) is 4. The molecular formula is C34H24N4O5. The SMILES string of the molecule is CC1CC=C=C=C1N(c1ccccc1)c1ccc(-c2ccnc(-c3cc(C(=O)O)cc(-c4cc(C(=O)O)ccn4)n3)c2)o1. The summed E-state index contributed by atoms with van der Waals surface area (Å²) in [4.78, 5) is 38.7. The zero-order valence-electron chi connectivity index (χ0n) is 22.9. The van der Waals surface area contributed by atoms with Crippen molar-refractivity contribution in [2.24, 2.45) is 5.92 Å². The van der Waals surface area contributed by atoms with Gasteiger partial charge >= 0.3 is 11.9 Å². The quantitative estimate of drug-likeness (QED) is 0.186.